The lowest BCUT2D eigenvalue weighted by Gasteiger charge is -2.16. The number of nitrogen functional groups attached to an aromatic ring is 1. The predicted molar refractivity (Wildman–Crippen MR) is 61.6 cm³/mol. The van der Waals surface area contributed by atoms with E-state index in [1.165, 1.54) is 12.4 Å². The van der Waals surface area contributed by atoms with Gasteiger partial charge in [0.2, 0.25) is 0 Å². The minimum atomic E-state index is -0.245. The van der Waals surface area contributed by atoms with Gasteiger partial charge in [-0.1, -0.05) is 13.8 Å². The fourth-order valence-corrected chi connectivity index (χ4v) is 0.992. The van der Waals surface area contributed by atoms with Crippen molar-refractivity contribution in [3.63, 3.8) is 0 Å². The van der Waals surface area contributed by atoms with Crippen LogP contribution in [-0.4, -0.2) is 21.9 Å². The smallest absolute Gasteiger partial charge is 0.271 e. The lowest BCUT2D eigenvalue weighted by Crippen LogP contribution is -2.36. The normalized spacial score (nSPS) is 12.3. The molecule has 1 aromatic rings. The molecule has 0 fully saturated rings. The number of carbonyl (C=O) groups excluding carboxylic acids is 1. The topological polar surface area (TPSA) is 92.9 Å². The molecule has 1 rings (SSSR count). The van der Waals surface area contributed by atoms with Crippen molar-refractivity contribution < 1.29 is 4.79 Å². The number of rotatable bonds is 4. The summed E-state index contributed by atoms with van der Waals surface area (Å²) < 4.78 is 0. The third-order valence-electron chi connectivity index (χ3n) is 2.37. The molecule has 4 N–H and O–H groups in total. The van der Waals surface area contributed by atoms with Crippen LogP contribution < -0.4 is 16.6 Å². The highest BCUT2D eigenvalue weighted by Crippen LogP contribution is 2.03. The van der Waals surface area contributed by atoms with Crippen molar-refractivity contribution in [2.24, 2.45) is 11.8 Å². The van der Waals surface area contributed by atoms with Crippen molar-refractivity contribution in [3.05, 3.63) is 18.1 Å². The van der Waals surface area contributed by atoms with E-state index in [0.29, 0.717) is 11.7 Å². The fourth-order valence-electron chi connectivity index (χ4n) is 0.992. The average molecular weight is 223 g/mol. The average Bonchev–Trinajstić information content (AvgIpc) is 2.28. The van der Waals surface area contributed by atoms with E-state index in [-0.39, 0.29) is 17.6 Å². The number of hydrazine groups is 1. The number of nitrogens with one attached hydrogen (secondary N) is 2. The molecule has 6 heteroatoms. The molecule has 0 saturated carbocycles. The molecule has 88 valence electrons. The molecule has 1 heterocycles. The number of anilines is 1. The van der Waals surface area contributed by atoms with E-state index in [1.54, 1.807) is 0 Å². The Kier molecular flexibility index (Phi) is 4.19. The Balaban J connectivity index is 2.72. The van der Waals surface area contributed by atoms with Gasteiger partial charge in [0.05, 0.1) is 12.4 Å². The van der Waals surface area contributed by atoms with Gasteiger partial charge in [-0.05, 0) is 12.8 Å². The molecule has 6 nitrogen and oxygen atoms in total. The van der Waals surface area contributed by atoms with Gasteiger partial charge >= 0.3 is 0 Å². The first kappa shape index (κ1) is 12.4. The largest absolute Gasteiger partial charge is 0.348 e. The highest BCUT2D eigenvalue weighted by Gasteiger charge is 2.14. The van der Waals surface area contributed by atoms with Crippen molar-refractivity contribution in [1.82, 2.24) is 15.3 Å². The molecule has 0 aromatic carbocycles. The van der Waals surface area contributed by atoms with Gasteiger partial charge < -0.3 is 10.7 Å². The van der Waals surface area contributed by atoms with Gasteiger partial charge in [0.25, 0.3) is 5.91 Å². The Bertz CT molecular complexity index is 366. The summed E-state index contributed by atoms with van der Waals surface area (Å²) in [6, 6.07) is 0.0868. The molecule has 16 heavy (non-hydrogen) atoms. The third kappa shape index (κ3) is 3.16. The van der Waals surface area contributed by atoms with Crippen LogP contribution in [0.1, 0.15) is 31.3 Å². The van der Waals surface area contributed by atoms with Crippen molar-refractivity contribution in [3.8, 4) is 0 Å². The zero-order valence-electron chi connectivity index (χ0n) is 9.69. The van der Waals surface area contributed by atoms with Gasteiger partial charge in [0.15, 0.2) is 5.82 Å². The number of carbonyl (C=O) groups is 1. The molecule has 1 unspecified atom stereocenters. The van der Waals surface area contributed by atoms with Crippen LogP contribution in [0.25, 0.3) is 0 Å². The Labute approximate surface area is 94.6 Å². The van der Waals surface area contributed by atoms with Crippen molar-refractivity contribution in [1.29, 1.82) is 0 Å². The van der Waals surface area contributed by atoms with Crippen LogP contribution in [0.15, 0.2) is 12.4 Å². The molecular weight excluding hydrogens is 206 g/mol. The molecule has 0 radical (unpaired) electrons. The summed E-state index contributed by atoms with van der Waals surface area (Å²) in [5.74, 6) is 5.67. The van der Waals surface area contributed by atoms with Gasteiger partial charge in [-0.2, -0.15) is 0 Å². The maximum absolute atomic E-state index is 11.7. The van der Waals surface area contributed by atoms with Gasteiger partial charge in [-0.15, -0.1) is 0 Å². The molecular formula is C10H17N5O. The molecule has 0 saturated heterocycles. The number of hydrogen-bond donors (Lipinski definition) is 3. The summed E-state index contributed by atoms with van der Waals surface area (Å²) in [4.78, 5) is 19.6. The Morgan fingerprint density at radius 2 is 2.06 bits per heavy atom. The van der Waals surface area contributed by atoms with Crippen LogP contribution in [-0.2, 0) is 0 Å². The molecule has 1 atom stereocenters. The summed E-state index contributed by atoms with van der Waals surface area (Å²) in [7, 11) is 0. The van der Waals surface area contributed by atoms with Crippen molar-refractivity contribution in [2.75, 3.05) is 5.43 Å². The molecule has 0 aliphatic heterocycles. The summed E-state index contributed by atoms with van der Waals surface area (Å²) in [5, 5.41) is 2.84. The lowest BCUT2D eigenvalue weighted by atomic mass is 10.1. The first-order valence-electron chi connectivity index (χ1n) is 5.14. The maximum atomic E-state index is 11.7. The summed E-state index contributed by atoms with van der Waals surface area (Å²) in [6.45, 7) is 6.02. The predicted octanol–water partition coefficient (Wildman–Crippen LogP) is 0.536. The van der Waals surface area contributed by atoms with Gasteiger partial charge in [-0.3, -0.25) is 9.78 Å². The van der Waals surface area contributed by atoms with Crippen molar-refractivity contribution >= 4 is 11.7 Å². The van der Waals surface area contributed by atoms with E-state index < -0.39 is 0 Å². The monoisotopic (exact) mass is 223 g/mol. The first-order chi connectivity index (χ1) is 7.54. The maximum Gasteiger partial charge on any atom is 0.271 e. The minimum absolute atomic E-state index is 0.0868. The highest BCUT2D eigenvalue weighted by atomic mass is 16.1. The second-order valence-electron chi connectivity index (χ2n) is 3.94. The summed E-state index contributed by atoms with van der Waals surface area (Å²) in [5.41, 5.74) is 2.60. The van der Waals surface area contributed by atoms with Crippen LogP contribution in [0.3, 0.4) is 0 Å². The van der Waals surface area contributed by atoms with E-state index in [0.717, 1.165) is 0 Å². The molecule has 1 aromatic heterocycles. The third-order valence-corrected chi connectivity index (χ3v) is 2.37. The van der Waals surface area contributed by atoms with E-state index in [9.17, 15) is 4.79 Å². The van der Waals surface area contributed by atoms with Gasteiger partial charge in [0, 0.05) is 6.04 Å². The quantitative estimate of drug-likeness (QED) is 0.511. The number of nitrogens with zero attached hydrogens (tertiary/aromatic N) is 2. The zero-order chi connectivity index (χ0) is 12.1. The zero-order valence-corrected chi connectivity index (χ0v) is 9.69. The van der Waals surface area contributed by atoms with Crippen molar-refractivity contribution in [2.45, 2.75) is 26.8 Å². The SMILES string of the molecule is CC(C)C(C)NC(=O)c1cncc(NN)n1. The first-order valence-corrected chi connectivity index (χ1v) is 5.14. The molecule has 0 spiro atoms. The van der Waals surface area contributed by atoms with Gasteiger partial charge in [0.1, 0.15) is 5.69 Å². The standard InChI is InChI=1S/C10H17N5O/c1-6(2)7(3)13-10(16)8-4-12-5-9(14-8)15-11/h4-7H,11H2,1-3H3,(H,13,16)(H,14,15). The van der Waals surface area contributed by atoms with Crippen LogP contribution in [0.4, 0.5) is 5.82 Å². The Morgan fingerprint density at radius 3 is 2.62 bits per heavy atom. The molecule has 0 aliphatic carbocycles. The highest BCUT2D eigenvalue weighted by molar-refractivity contribution is 5.92. The number of nitrogens with two attached hydrogens (primary N) is 1. The molecule has 0 aliphatic rings. The van der Waals surface area contributed by atoms with Crippen LogP contribution in [0.5, 0.6) is 0 Å². The van der Waals surface area contributed by atoms with Crippen LogP contribution >= 0.6 is 0 Å². The van der Waals surface area contributed by atoms with E-state index in [1.807, 2.05) is 20.8 Å². The minimum Gasteiger partial charge on any atom is -0.348 e. The van der Waals surface area contributed by atoms with E-state index in [2.05, 4.69) is 20.7 Å². The number of hydrogen-bond acceptors (Lipinski definition) is 5. The fraction of sp³-hybridized carbons (Fsp3) is 0.500. The van der Waals surface area contributed by atoms with Crippen LogP contribution in [0, 0.1) is 5.92 Å². The Morgan fingerprint density at radius 1 is 1.38 bits per heavy atom. The number of amides is 1. The molecule has 1 amide bonds. The molecule has 0 bridgehead atoms. The van der Waals surface area contributed by atoms with E-state index >= 15 is 0 Å². The van der Waals surface area contributed by atoms with Crippen LogP contribution in [0.2, 0.25) is 0 Å². The number of aromatic nitrogens is 2. The second-order valence-corrected chi connectivity index (χ2v) is 3.94. The van der Waals surface area contributed by atoms with E-state index in [4.69, 9.17) is 5.84 Å². The Hall–Kier alpha value is -1.69. The second kappa shape index (κ2) is 5.41. The summed E-state index contributed by atoms with van der Waals surface area (Å²) >= 11 is 0. The lowest BCUT2D eigenvalue weighted by molar-refractivity contribution is 0.0925. The summed E-state index contributed by atoms with van der Waals surface area (Å²) in [6.07, 6.45) is 2.85. The van der Waals surface area contributed by atoms with Gasteiger partial charge in [-0.25, -0.2) is 10.8 Å².